The number of benzene rings is 1. The average molecular weight is 297 g/mol. The normalized spacial score (nSPS) is 11.3. The van der Waals surface area contributed by atoms with Crippen molar-refractivity contribution in [3.05, 3.63) is 53.1 Å². The molecule has 1 aromatic carbocycles. The molecule has 0 spiro atoms. The summed E-state index contributed by atoms with van der Waals surface area (Å²) in [6.45, 7) is 0. The molecule has 0 saturated heterocycles. The standard InChI is InChI=1S/C12H9ClN2O3S/c1-19(17,18)10-4-2-3-8(5-10)11(16)9-6-14-12(13)15-7-9/h2-7H,1H3. The van der Waals surface area contributed by atoms with Crippen molar-refractivity contribution < 1.29 is 13.2 Å². The molecule has 0 radical (unpaired) electrons. The summed E-state index contributed by atoms with van der Waals surface area (Å²) in [7, 11) is -3.35. The van der Waals surface area contributed by atoms with Crippen molar-refractivity contribution in [3.8, 4) is 0 Å². The van der Waals surface area contributed by atoms with Crippen LogP contribution in [0.15, 0.2) is 41.6 Å². The summed E-state index contributed by atoms with van der Waals surface area (Å²) in [5.74, 6) is -0.359. The fourth-order valence-electron chi connectivity index (χ4n) is 1.46. The van der Waals surface area contributed by atoms with E-state index < -0.39 is 9.84 Å². The van der Waals surface area contributed by atoms with Gasteiger partial charge in [0.05, 0.1) is 10.5 Å². The summed E-state index contributed by atoms with van der Waals surface area (Å²) in [5, 5.41) is 0.0430. The molecule has 0 aliphatic carbocycles. The Morgan fingerprint density at radius 3 is 2.37 bits per heavy atom. The second kappa shape index (κ2) is 5.07. The molecular weight excluding hydrogens is 288 g/mol. The van der Waals surface area contributed by atoms with Crippen molar-refractivity contribution in [1.29, 1.82) is 0 Å². The Balaban J connectivity index is 2.42. The van der Waals surface area contributed by atoms with Crippen LogP contribution in [0, 0.1) is 0 Å². The lowest BCUT2D eigenvalue weighted by Gasteiger charge is -2.03. The summed E-state index contributed by atoms with van der Waals surface area (Å²) in [4.78, 5) is 19.6. The van der Waals surface area contributed by atoms with Crippen LogP contribution in [0.25, 0.3) is 0 Å². The molecule has 0 atom stereocenters. The van der Waals surface area contributed by atoms with Crippen LogP contribution in [0.2, 0.25) is 5.28 Å². The SMILES string of the molecule is CS(=O)(=O)c1cccc(C(=O)c2cnc(Cl)nc2)c1. The first kappa shape index (κ1) is 13.6. The molecule has 1 aromatic heterocycles. The van der Waals surface area contributed by atoms with Crippen molar-refractivity contribution in [2.24, 2.45) is 0 Å². The van der Waals surface area contributed by atoms with E-state index >= 15 is 0 Å². The first-order chi connectivity index (χ1) is 8.88. The van der Waals surface area contributed by atoms with E-state index in [1.165, 1.54) is 36.7 Å². The summed E-state index contributed by atoms with van der Waals surface area (Å²) >= 11 is 5.53. The van der Waals surface area contributed by atoms with Crippen LogP contribution in [0.5, 0.6) is 0 Å². The monoisotopic (exact) mass is 296 g/mol. The van der Waals surface area contributed by atoms with Gasteiger partial charge in [-0.2, -0.15) is 0 Å². The number of hydrogen-bond acceptors (Lipinski definition) is 5. The molecule has 0 N–H and O–H groups in total. The van der Waals surface area contributed by atoms with Crippen molar-refractivity contribution in [3.63, 3.8) is 0 Å². The number of aromatic nitrogens is 2. The van der Waals surface area contributed by atoms with Gasteiger partial charge in [0.15, 0.2) is 15.6 Å². The molecule has 0 unspecified atom stereocenters. The van der Waals surface area contributed by atoms with Crippen molar-refractivity contribution >= 4 is 27.2 Å². The molecule has 0 saturated carbocycles. The van der Waals surface area contributed by atoms with Gasteiger partial charge in [0.25, 0.3) is 0 Å². The zero-order valence-corrected chi connectivity index (χ0v) is 11.4. The molecule has 19 heavy (non-hydrogen) atoms. The van der Waals surface area contributed by atoms with E-state index in [-0.39, 0.29) is 27.1 Å². The number of sulfone groups is 1. The maximum Gasteiger partial charge on any atom is 0.222 e. The number of carbonyl (C=O) groups excluding carboxylic acids is 1. The molecular formula is C12H9ClN2O3S. The third-order valence-electron chi connectivity index (χ3n) is 2.41. The van der Waals surface area contributed by atoms with Crippen LogP contribution in [0.1, 0.15) is 15.9 Å². The van der Waals surface area contributed by atoms with Crippen LogP contribution in [-0.2, 0) is 9.84 Å². The Hall–Kier alpha value is -1.79. The third-order valence-corrected chi connectivity index (χ3v) is 3.71. The van der Waals surface area contributed by atoms with E-state index in [0.29, 0.717) is 0 Å². The van der Waals surface area contributed by atoms with Gasteiger partial charge in [-0.05, 0) is 23.7 Å². The summed E-state index contributed by atoms with van der Waals surface area (Å²) < 4.78 is 22.9. The summed E-state index contributed by atoms with van der Waals surface area (Å²) in [6, 6.07) is 5.81. The number of carbonyl (C=O) groups is 1. The van der Waals surface area contributed by atoms with Crippen LogP contribution >= 0.6 is 11.6 Å². The molecule has 5 nitrogen and oxygen atoms in total. The predicted molar refractivity (Wildman–Crippen MR) is 70.0 cm³/mol. The highest BCUT2D eigenvalue weighted by molar-refractivity contribution is 7.90. The van der Waals surface area contributed by atoms with Gasteiger partial charge in [-0.1, -0.05) is 12.1 Å². The Kier molecular flexibility index (Phi) is 3.64. The fourth-order valence-corrected chi connectivity index (χ4v) is 2.23. The Bertz CT molecular complexity index is 727. The van der Waals surface area contributed by atoms with Crippen LogP contribution < -0.4 is 0 Å². The smallest absolute Gasteiger partial charge is 0.222 e. The Labute approximate surface area is 115 Å². The van der Waals surface area contributed by atoms with Gasteiger partial charge in [-0.3, -0.25) is 4.79 Å². The quantitative estimate of drug-likeness (QED) is 0.637. The molecule has 0 aliphatic rings. The zero-order valence-electron chi connectivity index (χ0n) is 9.87. The molecule has 2 aromatic rings. The molecule has 0 aliphatic heterocycles. The number of nitrogens with zero attached hydrogens (tertiary/aromatic N) is 2. The first-order valence-corrected chi connectivity index (χ1v) is 7.47. The minimum absolute atomic E-state index is 0.0430. The molecule has 0 fully saturated rings. The second-order valence-corrected chi connectivity index (χ2v) is 6.22. The van der Waals surface area contributed by atoms with E-state index in [4.69, 9.17) is 11.6 Å². The second-order valence-electron chi connectivity index (χ2n) is 3.87. The first-order valence-electron chi connectivity index (χ1n) is 5.20. The van der Waals surface area contributed by atoms with Crippen molar-refractivity contribution in [2.75, 3.05) is 6.26 Å². The lowest BCUT2D eigenvalue weighted by Crippen LogP contribution is -2.05. The predicted octanol–water partition coefficient (Wildman–Crippen LogP) is 1.76. The topological polar surface area (TPSA) is 77.0 Å². The van der Waals surface area contributed by atoms with E-state index in [0.717, 1.165) is 6.26 Å². The fraction of sp³-hybridized carbons (Fsp3) is 0.0833. The van der Waals surface area contributed by atoms with Gasteiger partial charge < -0.3 is 0 Å². The Morgan fingerprint density at radius 2 is 1.79 bits per heavy atom. The van der Waals surface area contributed by atoms with Crippen LogP contribution in [0.3, 0.4) is 0 Å². The van der Waals surface area contributed by atoms with Crippen LogP contribution in [-0.4, -0.2) is 30.4 Å². The van der Waals surface area contributed by atoms with Crippen LogP contribution in [0.4, 0.5) is 0 Å². The lowest BCUT2D eigenvalue weighted by molar-refractivity contribution is 0.103. The largest absolute Gasteiger partial charge is 0.288 e. The average Bonchev–Trinajstić information content (AvgIpc) is 2.38. The number of ketones is 1. The molecule has 0 bridgehead atoms. The van der Waals surface area contributed by atoms with Gasteiger partial charge in [0.1, 0.15) is 0 Å². The van der Waals surface area contributed by atoms with Gasteiger partial charge in [0.2, 0.25) is 5.28 Å². The van der Waals surface area contributed by atoms with E-state index in [9.17, 15) is 13.2 Å². The zero-order chi connectivity index (χ0) is 14.0. The Morgan fingerprint density at radius 1 is 1.16 bits per heavy atom. The van der Waals surface area contributed by atoms with E-state index in [1.54, 1.807) is 0 Å². The minimum Gasteiger partial charge on any atom is -0.288 e. The number of rotatable bonds is 3. The van der Waals surface area contributed by atoms with E-state index in [1.807, 2.05) is 0 Å². The number of halogens is 1. The summed E-state index contributed by atoms with van der Waals surface area (Å²) in [5.41, 5.74) is 0.504. The van der Waals surface area contributed by atoms with Crippen molar-refractivity contribution in [2.45, 2.75) is 4.90 Å². The number of hydrogen-bond donors (Lipinski definition) is 0. The highest BCUT2D eigenvalue weighted by Crippen LogP contribution is 2.15. The maximum atomic E-state index is 12.1. The van der Waals surface area contributed by atoms with Gasteiger partial charge in [-0.15, -0.1) is 0 Å². The third kappa shape index (κ3) is 3.15. The van der Waals surface area contributed by atoms with Gasteiger partial charge in [-0.25, -0.2) is 18.4 Å². The maximum absolute atomic E-state index is 12.1. The molecule has 7 heteroatoms. The van der Waals surface area contributed by atoms with E-state index in [2.05, 4.69) is 9.97 Å². The molecule has 98 valence electrons. The molecule has 2 rings (SSSR count). The van der Waals surface area contributed by atoms with Crippen molar-refractivity contribution in [1.82, 2.24) is 9.97 Å². The lowest BCUT2D eigenvalue weighted by atomic mass is 10.1. The minimum atomic E-state index is -3.35. The van der Waals surface area contributed by atoms with Gasteiger partial charge in [0, 0.05) is 24.2 Å². The molecule has 0 amide bonds. The summed E-state index contributed by atoms with van der Waals surface area (Å²) in [6.07, 6.45) is 3.68. The molecule has 1 heterocycles. The van der Waals surface area contributed by atoms with Gasteiger partial charge >= 0.3 is 0 Å². The highest BCUT2D eigenvalue weighted by atomic mass is 35.5. The highest BCUT2D eigenvalue weighted by Gasteiger charge is 2.13.